The molecule has 104 valence electrons. The zero-order valence-corrected chi connectivity index (χ0v) is 12.0. The fraction of sp³-hybridized carbons (Fsp3) is 0.647. The van der Waals surface area contributed by atoms with Crippen molar-refractivity contribution >= 4 is 0 Å². The lowest BCUT2D eigenvalue weighted by Crippen LogP contribution is -2.38. The van der Waals surface area contributed by atoms with E-state index in [0.29, 0.717) is 6.10 Å². The number of aryl methyl sites for hydroxylation is 1. The second-order valence-electron chi connectivity index (χ2n) is 6.12. The fourth-order valence-corrected chi connectivity index (χ4v) is 3.36. The van der Waals surface area contributed by atoms with Gasteiger partial charge >= 0.3 is 0 Å². The Kier molecular flexibility index (Phi) is 4.19. The molecule has 0 saturated carbocycles. The molecule has 2 aliphatic heterocycles. The van der Waals surface area contributed by atoms with E-state index in [0.717, 1.165) is 19.1 Å². The second kappa shape index (κ2) is 6.06. The van der Waals surface area contributed by atoms with Crippen LogP contribution in [0.1, 0.15) is 42.7 Å². The summed E-state index contributed by atoms with van der Waals surface area (Å²) in [5.74, 6) is 0.765. The van der Waals surface area contributed by atoms with E-state index < -0.39 is 0 Å². The molecule has 2 saturated heterocycles. The molecule has 0 aliphatic carbocycles. The standard InChI is InChI=1S/C17H25NO/c1-14-4-6-15(7-5-14)16-8-10-18(11-9-16)13-17-3-2-12-19-17/h4-7,16-17H,2-3,8-13H2,1H3. The third-order valence-corrected chi connectivity index (χ3v) is 4.62. The molecule has 1 aromatic rings. The molecule has 2 aliphatic rings. The van der Waals surface area contributed by atoms with Gasteiger partial charge in [-0.3, -0.25) is 0 Å². The minimum Gasteiger partial charge on any atom is -0.377 e. The summed E-state index contributed by atoms with van der Waals surface area (Å²) in [6, 6.07) is 9.12. The van der Waals surface area contributed by atoms with Crippen molar-refractivity contribution in [1.29, 1.82) is 0 Å². The lowest BCUT2D eigenvalue weighted by atomic mass is 9.89. The maximum Gasteiger partial charge on any atom is 0.0702 e. The molecule has 2 nitrogen and oxygen atoms in total. The summed E-state index contributed by atoms with van der Waals surface area (Å²) in [4.78, 5) is 2.60. The highest BCUT2D eigenvalue weighted by atomic mass is 16.5. The highest BCUT2D eigenvalue weighted by molar-refractivity contribution is 5.24. The van der Waals surface area contributed by atoms with Gasteiger partial charge in [-0.1, -0.05) is 29.8 Å². The number of hydrogen-bond donors (Lipinski definition) is 0. The first-order valence-electron chi connectivity index (χ1n) is 7.72. The number of hydrogen-bond acceptors (Lipinski definition) is 2. The Labute approximate surface area is 116 Å². The lowest BCUT2D eigenvalue weighted by Gasteiger charge is -2.33. The van der Waals surface area contributed by atoms with Gasteiger partial charge in [0, 0.05) is 13.2 Å². The van der Waals surface area contributed by atoms with Crippen LogP contribution in [0.3, 0.4) is 0 Å². The maximum absolute atomic E-state index is 5.74. The predicted octanol–water partition coefficient (Wildman–Crippen LogP) is 3.35. The second-order valence-corrected chi connectivity index (χ2v) is 6.12. The van der Waals surface area contributed by atoms with Crippen molar-refractivity contribution in [3.8, 4) is 0 Å². The van der Waals surface area contributed by atoms with E-state index >= 15 is 0 Å². The van der Waals surface area contributed by atoms with Gasteiger partial charge in [0.25, 0.3) is 0 Å². The van der Waals surface area contributed by atoms with Gasteiger partial charge in [0.15, 0.2) is 0 Å². The Morgan fingerprint density at radius 3 is 2.47 bits per heavy atom. The van der Waals surface area contributed by atoms with E-state index in [4.69, 9.17) is 4.74 Å². The van der Waals surface area contributed by atoms with Crippen LogP contribution in [0, 0.1) is 6.92 Å². The summed E-state index contributed by atoms with van der Waals surface area (Å²) in [5.41, 5.74) is 2.89. The Morgan fingerprint density at radius 2 is 1.84 bits per heavy atom. The van der Waals surface area contributed by atoms with E-state index in [1.54, 1.807) is 0 Å². The highest BCUT2D eigenvalue weighted by Crippen LogP contribution is 2.28. The number of rotatable bonds is 3. The van der Waals surface area contributed by atoms with E-state index in [-0.39, 0.29) is 0 Å². The number of nitrogens with zero attached hydrogens (tertiary/aromatic N) is 1. The molecule has 0 spiro atoms. The molecule has 0 amide bonds. The predicted molar refractivity (Wildman–Crippen MR) is 78.6 cm³/mol. The zero-order chi connectivity index (χ0) is 13.1. The van der Waals surface area contributed by atoms with Crippen LogP contribution in [0.2, 0.25) is 0 Å². The van der Waals surface area contributed by atoms with Crippen LogP contribution in [0.15, 0.2) is 24.3 Å². The highest BCUT2D eigenvalue weighted by Gasteiger charge is 2.24. The molecular formula is C17H25NO. The van der Waals surface area contributed by atoms with Gasteiger partial charge < -0.3 is 9.64 Å². The minimum absolute atomic E-state index is 0.510. The first-order valence-corrected chi connectivity index (χ1v) is 7.72. The molecule has 2 heterocycles. The number of piperidine rings is 1. The molecule has 0 aromatic heterocycles. The molecule has 0 N–H and O–H groups in total. The van der Waals surface area contributed by atoms with Gasteiger partial charge in [0.2, 0.25) is 0 Å². The summed E-state index contributed by atoms with van der Waals surface area (Å²) in [6.45, 7) is 6.76. The van der Waals surface area contributed by atoms with Gasteiger partial charge in [-0.2, -0.15) is 0 Å². The van der Waals surface area contributed by atoms with Crippen LogP contribution in [-0.4, -0.2) is 37.2 Å². The lowest BCUT2D eigenvalue weighted by molar-refractivity contribution is 0.0643. The van der Waals surface area contributed by atoms with E-state index in [1.165, 1.54) is 49.9 Å². The first kappa shape index (κ1) is 13.1. The van der Waals surface area contributed by atoms with Crippen LogP contribution in [0.5, 0.6) is 0 Å². The largest absolute Gasteiger partial charge is 0.377 e. The van der Waals surface area contributed by atoms with Crippen molar-refractivity contribution in [1.82, 2.24) is 4.90 Å². The third-order valence-electron chi connectivity index (χ3n) is 4.62. The van der Waals surface area contributed by atoms with Crippen molar-refractivity contribution in [2.75, 3.05) is 26.2 Å². The zero-order valence-electron chi connectivity index (χ0n) is 12.0. The fourth-order valence-electron chi connectivity index (χ4n) is 3.36. The summed E-state index contributed by atoms with van der Waals surface area (Å²) < 4.78 is 5.74. The summed E-state index contributed by atoms with van der Waals surface area (Å²) >= 11 is 0. The number of likely N-dealkylation sites (tertiary alicyclic amines) is 1. The van der Waals surface area contributed by atoms with Crippen LogP contribution >= 0.6 is 0 Å². The van der Waals surface area contributed by atoms with E-state index in [9.17, 15) is 0 Å². The molecule has 0 bridgehead atoms. The number of ether oxygens (including phenoxy) is 1. The Bertz CT molecular complexity index is 386. The van der Waals surface area contributed by atoms with Gasteiger partial charge in [0.05, 0.1) is 6.10 Å². The first-order chi connectivity index (χ1) is 9.31. The topological polar surface area (TPSA) is 12.5 Å². The molecule has 2 fully saturated rings. The molecular weight excluding hydrogens is 234 g/mol. The van der Waals surface area contributed by atoms with Crippen molar-refractivity contribution < 1.29 is 4.74 Å². The smallest absolute Gasteiger partial charge is 0.0702 e. The third kappa shape index (κ3) is 3.37. The Morgan fingerprint density at radius 1 is 1.11 bits per heavy atom. The molecule has 19 heavy (non-hydrogen) atoms. The van der Waals surface area contributed by atoms with Crippen LogP contribution in [0.25, 0.3) is 0 Å². The minimum atomic E-state index is 0.510. The average molecular weight is 259 g/mol. The average Bonchev–Trinajstić information content (AvgIpc) is 2.94. The quantitative estimate of drug-likeness (QED) is 0.825. The van der Waals surface area contributed by atoms with Gasteiger partial charge in [-0.05, 0) is 57.2 Å². The Balaban J connectivity index is 1.50. The van der Waals surface area contributed by atoms with Gasteiger partial charge in [-0.25, -0.2) is 0 Å². The molecule has 3 rings (SSSR count). The van der Waals surface area contributed by atoms with Crippen molar-refractivity contribution in [2.45, 2.75) is 44.6 Å². The normalized spacial score (nSPS) is 25.8. The van der Waals surface area contributed by atoms with Crippen molar-refractivity contribution in [2.24, 2.45) is 0 Å². The molecule has 2 heteroatoms. The van der Waals surface area contributed by atoms with Gasteiger partial charge in [0.1, 0.15) is 0 Å². The van der Waals surface area contributed by atoms with E-state index in [1.807, 2.05) is 0 Å². The number of benzene rings is 1. The Hall–Kier alpha value is -0.860. The molecule has 0 radical (unpaired) electrons. The monoisotopic (exact) mass is 259 g/mol. The van der Waals surface area contributed by atoms with Crippen molar-refractivity contribution in [3.63, 3.8) is 0 Å². The summed E-state index contributed by atoms with van der Waals surface area (Å²) in [5, 5.41) is 0. The van der Waals surface area contributed by atoms with Crippen LogP contribution in [0.4, 0.5) is 0 Å². The SMILES string of the molecule is Cc1ccc(C2CCN(CC3CCCO3)CC2)cc1. The summed E-state index contributed by atoms with van der Waals surface area (Å²) in [6.07, 6.45) is 5.63. The van der Waals surface area contributed by atoms with Crippen molar-refractivity contribution in [3.05, 3.63) is 35.4 Å². The maximum atomic E-state index is 5.74. The van der Waals surface area contributed by atoms with Crippen LogP contribution in [-0.2, 0) is 4.74 Å². The molecule has 1 atom stereocenters. The molecule has 1 aromatic carbocycles. The summed E-state index contributed by atoms with van der Waals surface area (Å²) in [7, 11) is 0. The molecule has 1 unspecified atom stereocenters. The van der Waals surface area contributed by atoms with Crippen LogP contribution < -0.4 is 0 Å². The van der Waals surface area contributed by atoms with E-state index in [2.05, 4.69) is 36.1 Å². The van der Waals surface area contributed by atoms with Gasteiger partial charge in [-0.15, -0.1) is 0 Å².